The number of nitrogens with zero attached hydrogens (tertiary/aromatic N) is 2. The van der Waals surface area contributed by atoms with E-state index < -0.39 is 48.4 Å². The molecule has 4 N–H and O–H groups in total. The topological polar surface area (TPSA) is 140 Å². The molecule has 2 aliphatic heterocycles. The first-order valence-electron chi connectivity index (χ1n) is 14.1. The van der Waals surface area contributed by atoms with Crippen molar-refractivity contribution in [3.63, 3.8) is 0 Å². The molecule has 4 amide bonds. The number of carbonyl (C=O) groups is 4. The van der Waals surface area contributed by atoms with Crippen molar-refractivity contribution in [1.82, 2.24) is 25.8 Å². The first kappa shape index (κ1) is 30.0. The summed E-state index contributed by atoms with van der Waals surface area (Å²) < 4.78 is 6.06. The van der Waals surface area contributed by atoms with Gasteiger partial charge in [0.15, 0.2) is 0 Å². The van der Waals surface area contributed by atoms with Crippen LogP contribution in [-0.4, -0.2) is 102 Å². The number of hydrogen-bond acceptors (Lipinski definition) is 7. The molecule has 11 nitrogen and oxygen atoms in total. The Labute approximate surface area is 240 Å². The maximum Gasteiger partial charge on any atom is 0.255 e. The van der Waals surface area contributed by atoms with Gasteiger partial charge in [0, 0.05) is 26.2 Å². The molecule has 2 aromatic rings. The Morgan fingerprint density at radius 1 is 0.976 bits per heavy atom. The zero-order chi connectivity index (χ0) is 29.4. The Hall–Kier alpha value is -3.96. The van der Waals surface area contributed by atoms with Gasteiger partial charge in [-0.25, -0.2) is 0 Å². The third kappa shape index (κ3) is 8.05. The SMILES string of the molecule is CCN1CCN(C(=O)[C@@H]2CC(=O)N[C@@H]([C@@H](C)O)C(=O)N[C@H](Cc3ccccc3)COc3ccccc3C(=O)N2)CC1. The van der Waals surface area contributed by atoms with Gasteiger partial charge in [0.25, 0.3) is 5.91 Å². The predicted octanol–water partition coefficient (Wildman–Crippen LogP) is 0.325. The summed E-state index contributed by atoms with van der Waals surface area (Å²) in [6.45, 7) is 6.69. The molecule has 11 heteroatoms. The molecule has 0 bridgehead atoms. The Kier molecular flexibility index (Phi) is 10.3. The minimum Gasteiger partial charge on any atom is -0.491 e. The molecule has 2 aromatic carbocycles. The first-order valence-corrected chi connectivity index (χ1v) is 14.1. The van der Waals surface area contributed by atoms with Crippen LogP contribution in [0.25, 0.3) is 0 Å². The molecule has 0 unspecified atom stereocenters. The van der Waals surface area contributed by atoms with Gasteiger partial charge >= 0.3 is 0 Å². The van der Waals surface area contributed by atoms with E-state index in [4.69, 9.17) is 4.74 Å². The summed E-state index contributed by atoms with van der Waals surface area (Å²) in [4.78, 5) is 57.3. The number of rotatable bonds is 5. The summed E-state index contributed by atoms with van der Waals surface area (Å²) in [7, 11) is 0. The molecule has 0 aliphatic carbocycles. The molecule has 41 heavy (non-hydrogen) atoms. The molecule has 0 spiro atoms. The van der Waals surface area contributed by atoms with Crippen LogP contribution in [0.5, 0.6) is 5.75 Å². The van der Waals surface area contributed by atoms with Gasteiger partial charge < -0.3 is 35.6 Å². The number of piperazine rings is 1. The second-order valence-electron chi connectivity index (χ2n) is 10.5. The molecule has 0 aromatic heterocycles. The Balaban J connectivity index is 1.62. The predicted molar refractivity (Wildman–Crippen MR) is 152 cm³/mol. The Bertz CT molecular complexity index is 1210. The quantitative estimate of drug-likeness (QED) is 0.410. The highest BCUT2D eigenvalue weighted by Crippen LogP contribution is 2.20. The number of aliphatic hydroxyl groups excluding tert-OH is 1. The first-order chi connectivity index (χ1) is 19.7. The van der Waals surface area contributed by atoms with Crippen molar-refractivity contribution >= 4 is 23.6 Å². The number of nitrogens with one attached hydrogen (secondary N) is 3. The van der Waals surface area contributed by atoms with Crippen molar-refractivity contribution in [3.8, 4) is 5.75 Å². The van der Waals surface area contributed by atoms with Crippen LogP contribution in [-0.2, 0) is 20.8 Å². The van der Waals surface area contributed by atoms with Gasteiger partial charge in [0.05, 0.1) is 24.1 Å². The lowest BCUT2D eigenvalue weighted by Crippen LogP contribution is -2.58. The van der Waals surface area contributed by atoms with Crippen LogP contribution in [0, 0.1) is 0 Å². The fourth-order valence-corrected chi connectivity index (χ4v) is 5.08. The Morgan fingerprint density at radius 3 is 2.34 bits per heavy atom. The number of amides is 4. The number of para-hydroxylation sites is 1. The summed E-state index contributed by atoms with van der Waals surface area (Å²) in [5.41, 5.74) is 1.16. The van der Waals surface area contributed by atoms with E-state index in [-0.39, 0.29) is 23.8 Å². The molecule has 220 valence electrons. The lowest BCUT2D eigenvalue weighted by Gasteiger charge is -2.36. The molecule has 0 saturated carbocycles. The largest absolute Gasteiger partial charge is 0.491 e. The second kappa shape index (κ2) is 14.1. The van der Waals surface area contributed by atoms with Crippen LogP contribution < -0.4 is 20.7 Å². The number of carbonyl (C=O) groups excluding carboxylic acids is 4. The summed E-state index contributed by atoms with van der Waals surface area (Å²) in [5.74, 6) is -1.86. The van der Waals surface area contributed by atoms with Gasteiger partial charge in [-0.15, -0.1) is 0 Å². The highest BCUT2D eigenvalue weighted by Gasteiger charge is 2.34. The van der Waals surface area contributed by atoms with Crippen molar-refractivity contribution < 1.29 is 29.0 Å². The summed E-state index contributed by atoms with van der Waals surface area (Å²) in [6.07, 6.45) is -1.19. The molecular formula is C30H39N5O6. The summed E-state index contributed by atoms with van der Waals surface area (Å²) >= 11 is 0. The third-order valence-electron chi connectivity index (χ3n) is 7.45. The highest BCUT2D eigenvalue weighted by molar-refractivity contribution is 6.01. The van der Waals surface area contributed by atoms with Gasteiger partial charge in [0.2, 0.25) is 17.7 Å². The highest BCUT2D eigenvalue weighted by atomic mass is 16.5. The molecule has 2 aliphatic rings. The van der Waals surface area contributed by atoms with E-state index in [0.717, 1.165) is 12.1 Å². The number of ether oxygens (including phenoxy) is 1. The minimum absolute atomic E-state index is 0.0233. The molecule has 0 radical (unpaired) electrons. The maximum atomic E-state index is 13.5. The molecule has 2 heterocycles. The van der Waals surface area contributed by atoms with Crippen LogP contribution in [0.1, 0.15) is 36.2 Å². The fourth-order valence-electron chi connectivity index (χ4n) is 5.08. The van der Waals surface area contributed by atoms with Gasteiger partial charge in [-0.3, -0.25) is 19.2 Å². The maximum absolute atomic E-state index is 13.5. The number of likely N-dealkylation sites (N-methyl/N-ethyl adjacent to an activating group) is 1. The van der Waals surface area contributed by atoms with E-state index in [1.807, 2.05) is 30.3 Å². The van der Waals surface area contributed by atoms with Crippen LogP contribution in [0.3, 0.4) is 0 Å². The van der Waals surface area contributed by atoms with E-state index >= 15 is 0 Å². The lowest BCUT2D eigenvalue weighted by molar-refractivity contribution is -0.138. The monoisotopic (exact) mass is 565 g/mol. The minimum atomic E-state index is -1.27. The average molecular weight is 566 g/mol. The second-order valence-corrected chi connectivity index (χ2v) is 10.5. The standard InChI is InChI=1S/C30H39N5O6/c1-3-34-13-15-35(16-14-34)30(40)24-18-26(37)33-27(20(2)36)29(39)31-22(17-21-9-5-4-6-10-21)19-41-25-12-8-7-11-23(25)28(38)32-24/h4-12,20,22,24,27,36H,3,13-19H2,1-2H3,(H,31,39)(H,32,38)(H,33,37)/t20-,22-,24+,27+/m1/s1. The number of aliphatic hydroxyl groups is 1. The Morgan fingerprint density at radius 2 is 1.66 bits per heavy atom. The van der Waals surface area contributed by atoms with Gasteiger partial charge in [0.1, 0.15) is 24.4 Å². The smallest absolute Gasteiger partial charge is 0.255 e. The molecule has 4 atom stereocenters. The van der Waals surface area contributed by atoms with E-state index in [9.17, 15) is 24.3 Å². The third-order valence-corrected chi connectivity index (χ3v) is 7.45. The van der Waals surface area contributed by atoms with E-state index in [1.54, 1.807) is 29.2 Å². The van der Waals surface area contributed by atoms with Crippen molar-refractivity contribution in [2.24, 2.45) is 0 Å². The number of fused-ring (bicyclic) bond motifs is 1. The normalized spacial score (nSPS) is 23.6. The molecule has 4 rings (SSSR count). The molecule has 1 fully saturated rings. The molecule has 1 saturated heterocycles. The van der Waals surface area contributed by atoms with Crippen LogP contribution in [0.15, 0.2) is 54.6 Å². The zero-order valence-electron chi connectivity index (χ0n) is 23.5. The summed E-state index contributed by atoms with van der Waals surface area (Å²) in [6, 6.07) is 13.2. The van der Waals surface area contributed by atoms with E-state index in [1.165, 1.54) is 6.92 Å². The summed E-state index contributed by atoms with van der Waals surface area (Å²) in [5, 5.41) is 18.6. The van der Waals surface area contributed by atoms with Crippen molar-refractivity contribution in [3.05, 3.63) is 65.7 Å². The molecular weight excluding hydrogens is 526 g/mol. The van der Waals surface area contributed by atoms with E-state index in [2.05, 4.69) is 27.8 Å². The van der Waals surface area contributed by atoms with Crippen molar-refractivity contribution in [2.75, 3.05) is 39.3 Å². The van der Waals surface area contributed by atoms with Crippen molar-refractivity contribution in [2.45, 2.75) is 50.9 Å². The number of hydrogen-bond donors (Lipinski definition) is 4. The van der Waals surface area contributed by atoms with Crippen LogP contribution >= 0.6 is 0 Å². The van der Waals surface area contributed by atoms with E-state index in [0.29, 0.717) is 32.6 Å². The zero-order valence-corrected chi connectivity index (χ0v) is 23.5. The average Bonchev–Trinajstić information content (AvgIpc) is 2.98. The number of benzene rings is 2. The van der Waals surface area contributed by atoms with Crippen molar-refractivity contribution in [1.29, 1.82) is 0 Å². The van der Waals surface area contributed by atoms with Gasteiger partial charge in [-0.1, -0.05) is 49.4 Å². The fraction of sp³-hybridized carbons (Fsp3) is 0.467. The lowest BCUT2D eigenvalue weighted by atomic mass is 10.0. The van der Waals surface area contributed by atoms with Crippen LogP contribution in [0.2, 0.25) is 0 Å². The van der Waals surface area contributed by atoms with Gasteiger partial charge in [-0.05, 0) is 37.6 Å². The van der Waals surface area contributed by atoms with Gasteiger partial charge in [-0.2, -0.15) is 0 Å². The van der Waals surface area contributed by atoms with Crippen LogP contribution in [0.4, 0.5) is 0 Å².